The van der Waals surface area contributed by atoms with Crippen LogP contribution in [0.4, 0.5) is 0 Å². The average Bonchev–Trinajstić information content (AvgIpc) is 2.89. The molecule has 1 aromatic carbocycles. The molecule has 0 spiro atoms. The standard InChI is InChI=1S/C30H46O11SSi/c1-17-23(41-43(9,10)30(5,6)7)25(38-19(3)32)26(39-20(4)33)28(36-17)40-24-22(37-18(2)31)16-35-29(27(24)34-8)42-21-14-12-11-13-15-21/h11-15,17,22-29H,16H2,1-10H3. The molecule has 0 radical (unpaired) electrons. The first-order valence-electron chi connectivity index (χ1n) is 14.4. The fraction of sp³-hybridized carbons (Fsp3) is 0.700. The van der Waals surface area contributed by atoms with E-state index < -0.39 is 80.7 Å². The molecule has 0 bridgehead atoms. The summed E-state index contributed by atoms with van der Waals surface area (Å²) in [4.78, 5) is 37.7. The minimum Gasteiger partial charge on any atom is -0.457 e. The zero-order valence-corrected chi connectivity index (χ0v) is 28.5. The Morgan fingerprint density at radius 2 is 1.44 bits per heavy atom. The zero-order valence-electron chi connectivity index (χ0n) is 26.7. The molecule has 2 aliphatic heterocycles. The molecule has 13 heteroatoms. The Kier molecular flexibility index (Phi) is 12.3. The summed E-state index contributed by atoms with van der Waals surface area (Å²) in [5, 5.41) is -0.158. The van der Waals surface area contributed by atoms with E-state index >= 15 is 0 Å². The van der Waals surface area contributed by atoms with Crippen LogP contribution >= 0.6 is 11.8 Å². The SMILES string of the molecule is COC1C(Sc2ccccc2)OCC(OC(C)=O)C1OC1OC(C)C(O[Si](C)(C)C(C)(C)C)C(OC(C)=O)C1OC(C)=O. The second kappa shape index (κ2) is 14.9. The Balaban J connectivity index is 1.98. The summed E-state index contributed by atoms with van der Waals surface area (Å²) in [5.74, 6) is -1.72. The van der Waals surface area contributed by atoms with Gasteiger partial charge in [-0.2, -0.15) is 0 Å². The molecule has 2 aliphatic rings. The second-order valence-electron chi connectivity index (χ2n) is 12.3. The Bertz CT molecular complexity index is 1100. The van der Waals surface area contributed by atoms with Gasteiger partial charge in [0.25, 0.3) is 0 Å². The minimum absolute atomic E-state index is 0.0274. The van der Waals surface area contributed by atoms with Crippen LogP contribution in [0.25, 0.3) is 0 Å². The van der Waals surface area contributed by atoms with Crippen molar-refractivity contribution in [1.29, 1.82) is 0 Å². The number of carbonyl (C=O) groups is 3. The highest BCUT2D eigenvalue weighted by atomic mass is 32.2. The van der Waals surface area contributed by atoms with Gasteiger partial charge in [0.05, 0.1) is 12.7 Å². The van der Waals surface area contributed by atoms with E-state index in [2.05, 4.69) is 33.9 Å². The lowest BCUT2D eigenvalue weighted by Gasteiger charge is -2.50. The number of carbonyl (C=O) groups excluding carboxylic acids is 3. The van der Waals surface area contributed by atoms with Crippen LogP contribution in [0, 0.1) is 0 Å². The predicted molar refractivity (Wildman–Crippen MR) is 161 cm³/mol. The van der Waals surface area contributed by atoms with Gasteiger partial charge >= 0.3 is 17.9 Å². The van der Waals surface area contributed by atoms with Gasteiger partial charge in [-0.05, 0) is 37.2 Å². The van der Waals surface area contributed by atoms with Crippen molar-refractivity contribution in [3.63, 3.8) is 0 Å². The molecule has 0 N–H and O–H groups in total. The molecule has 1 aromatic rings. The summed E-state index contributed by atoms with van der Waals surface area (Å²) < 4.78 is 48.6. The maximum Gasteiger partial charge on any atom is 0.303 e. The lowest BCUT2D eigenvalue weighted by Crippen LogP contribution is -2.65. The smallest absolute Gasteiger partial charge is 0.303 e. The van der Waals surface area contributed by atoms with Gasteiger partial charge in [0.1, 0.15) is 23.7 Å². The lowest BCUT2D eigenvalue weighted by atomic mass is 9.98. The number of thioether (sulfide) groups is 1. The van der Waals surface area contributed by atoms with Gasteiger partial charge in [-0.1, -0.05) is 50.7 Å². The van der Waals surface area contributed by atoms with Crippen molar-refractivity contribution < 1.29 is 52.0 Å². The molecule has 242 valence electrons. The molecule has 11 nitrogen and oxygen atoms in total. The van der Waals surface area contributed by atoms with Crippen LogP contribution < -0.4 is 0 Å². The van der Waals surface area contributed by atoms with E-state index in [9.17, 15) is 14.4 Å². The number of ether oxygens (including phenoxy) is 7. The number of rotatable bonds is 10. The molecule has 9 atom stereocenters. The summed E-state index contributed by atoms with van der Waals surface area (Å²) in [6.07, 6.45) is -7.30. The number of hydrogen-bond donors (Lipinski definition) is 0. The third kappa shape index (κ3) is 9.25. The molecule has 0 aliphatic carbocycles. The molecular weight excluding hydrogens is 596 g/mol. The molecule has 2 saturated heterocycles. The van der Waals surface area contributed by atoms with Crippen molar-refractivity contribution in [1.82, 2.24) is 0 Å². The molecule has 0 amide bonds. The highest BCUT2D eigenvalue weighted by Crippen LogP contribution is 2.41. The molecule has 2 fully saturated rings. The number of hydrogen-bond acceptors (Lipinski definition) is 12. The third-order valence-corrected chi connectivity index (χ3v) is 13.5. The zero-order chi connectivity index (χ0) is 32.1. The summed E-state index contributed by atoms with van der Waals surface area (Å²) in [5.41, 5.74) is -0.531. The summed E-state index contributed by atoms with van der Waals surface area (Å²) in [6, 6.07) is 9.65. The Hall–Kier alpha value is -2.00. The quantitative estimate of drug-likeness (QED) is 0.203. The largest absolute Gasteiger partial charge is 0.457 e. The van der Waals surface area contributed by atoms with E-state index in [1.165, 1.54) is 39.6 Å². The third-order valence-electron chi connectivity index (χ3n) is 7.83. The van der Waals surface area contributed by atoms with Crippen LogP contribution in [0.15, 0.2) is 35.2 Å². The van der Waals surface area contributed by atoms with Crippen molar-refractivity contribution >= 4 is 38.0 Å². The maximum atomic E-state index is 12.4. The van der Waals surface area contributed by atoms with E-state index in [0.717, 1.165) is 4.90 Å². The van der Waals surface area contributed by atoms with Crippen molar-refractivity contribution in [2.24, 2.45) is 0 Å². The summed E-state index contributed by atoms with van der Waals surface area (Å²) >= 11 is 1.44. The summed E-state index contributed by atoms with van der Waals surface area (Å²) in [6.45, 7) is 16.1. The molecular formula is C30H46O11SSi. The average molecular weight is 643 g/mol. The van der Waals surface area contributed by atoms with Gasteiger partial charge in [0.2, 0.25) is 0 Å². The van der Waals surface area contributed by atoms with Crippen LogP contribution in [0.1, 0.15) is 48.5 Å². The first-order valence-corrected chi connectivity index (χ1v) is 18.2. The van der Waals surface area contributed by atoms with Crippen molar-refractivity contribution in [2.75, 3.05) is 13.7 Å². The topological polar surface area (TPSA) is 125 Å². The first-order chi connectivity index (χ1) is 20.0. The van der Waals surface area contributed by atoms with Gasteiger partial charge in [0, 0.05) is 32.8 Å². The summed E-state index contributed by atoms with van der Waals surface area (Å²) in [7, 11) is -0.891. The van der Waals surface area contributed by atoms with Crippen molar-refractivity contribution in [3.8, 4) is 0 Å². The monoisotopic (exact) mass is 642 g/mol. The molecule has 0 aromatic heterocycles. The van der Waals surface area contributed by atoms with Crippen LogP contribution in [0.5, 0.6) is 0 Å². The molecule has 43 heavy (non-hydrogen) atoms. The minimum atomic E-state index is -2.40. The number of methoxy groups -OCH3 is 1. The Labute approximate surface area is 259 Å². The highest BCUT2D eigenvalue weighted by Gasteiger charge is 2.55. The number of esters is 3. The highest BCUT2D eigenvalue weighted by molar-refractivity contribution is 7.99. The normalized spacial score (nSPS) is 31.6. The van der Waals surface area contributed by atoms with Crippen LogP contribution in [0.2, 0.25) is 18.1 Å². The molecule has 2 heterocycles. The predicted octanol–water partition coefficient (Wildman–Crippen LogP) is 4.47. The van der Waals surface area contributed by atoms with E-state index in [1.54, 1.807) is 6.92 Å². The van der Waals surface area contributed by atoms with Crippen molar-refractivity contribution in [3.05, 3.63) is 30.3 Å². The van der Waals surface area contributed by atoms with Gasteiger partial charge in [-0.15, -0.1) is 0 Å². The van der Waals surface area contributed by atoms with Crippen LogP contribution in [-0.4, -0.2) is 94.4 Å². The molecule has 0 saturated carbocycles. The molecule has 9 unspecified atom stereocenters. The van der Waals surface area contributed by atoms with Crippen molar-refractivity contribution in [2.45, 2.75) is 126 Å². The van der Waals surface area contributed by atoms with E-state index in [-0.39, 0.29) is 11.6 Å². The van der Waals surface area contributed by atoms with Gasteiger partial charge in [-0.25, -0.2) is 0 Å². The second-order valence-corrected chi connectivity index (χ2v) is 18.2. The Morgan fingerprint density at radius 3 is 1.98 bits per heavy atom. The van der Waals surface area contributed by atoms with Crippen LogP contribution in [-0.2, 0) is 52.0 Å². The van der Waals surface area contributed by atoms with E-state index in [4.69, 9.17) is 37.6 Å². The van der Waals surface area contributed by atoms with Gasteiger partial charge in [-0.3, -0.25) is 14.4 Å². The van der Waals surface area contributed by atoms with E-state index in [1.807, 2.05) is 30.3 Å². The Morgan fingerprint density at radius 1 is 0.860 bits per heavy atom. The fourth-order valence-corrected chi connectivity index (χ4v) is 7.25. The maximum absolute atomic E-state index is 12.4. The van der Waals surface area contributed by atoms with Gasteiger partial charge < -0.3 is 37.6 Å². The van der Waals surface area contributed by atoms with Gasteiger partial charge in [0.15, 0.2) is 32.9 Å². The first kappa shape index (κ1) is 35.5. The number of benzene rings is 1. The van der Waals surface area contributed by atoms with Crippen LogP contribution in [0.3, 0.4) is 0 Å². The molecule has 3 rings (SSSR count). The lowest BCUT2D eigenvalue weighted by molar-refractivity contribution is -0.329. The van der Waals surface area contributed by atoms with E-state index in [0.29, 0.717) is 0 Å². The fourth-order valence-electron chi connectivity index (χ4n) is 4.76.